The van der Waals surface area contributed by atoms with Crippen LogP contribution in [0.1, 0.15) is 27.2 Å². The first-order chi connectivity index (χ1) is 11.2. The second-order valence-electron chi connectivity index (χ2n) is 6.55. The Labute approximate surface area is 169 Å². The highest BCUT2D eigenvalue weighted by atomic mass is 127. The van der Waals surface area contributed by atoms with E-state index >= 15 is 0 Å². The van der Waals surface area contributed by atoms with E-state index in [-0.39, 0.29) is 29.5 Å². The fourth-order valence-corrected chi connectivity index (χ4v) is 2.95. The normalized spacial score (nSPS) is 17.0. The van der Waals surface area contributed by atoms with Gasteiger partial charge in [0.2, 0.25) is 10.0 Å². The highest BCUT2D eigenvalue weighted by Gasteiger charge is 2.27. The maximum absolute atomic E-state index is 11.0. The summed E-state index contributed by atoms with van der Waals surface area (Å²) in [5, 5.41) is 6.47. The van der Waals surface area contributed by atoms with Gasteiger partial charge >= 0.3 is 0 Å². The molecule has 1 aliphatic rings. The largest absolute Gasteiger partial charge is 0.379 e. The highest BCUT2D eigenvalue weighted by molar-refractivity contribution is 14.0. The van der Waals surface area contributed by atoms with Gasteiger partial charge in [0, 0.05) is 38.3 Å². The summed E-state index contributed by atoms with van der Waals surface area (Å²) in [5.41, 5.74) is -0.0238. The lowest BCUT2D eigenvalue weighted by atomic mass is 10.0. The number of nitrogens with one attached hydrogen (secondary N) is 3. The van der Waals surface area contributed by atoms with Crippen LogP contribution >= 0.6 is 24.0 Å². The number of morpholine rings is 1. The van der Waals surface area contributed by atoms with E-state index < -0.39 is 10.0 Å². The van der Waals surface area contributed by atoms with E-state index in [4.69, 9.17) is 4.74 Å². The fraction of sp³-hybridized carbons (Fsp3) is 0.933. The van der Waals surface area contributed by atoms with E-state index in [0.29, 0.717) is 26.1 Å². The van der Waals surface area contributed by atoms with Crippen molar-refractivity contribution in [1.29, 1.82) is 0 Å². The van der Waals surface area contributed by atoms with Gasteiger partial charge in [-0.15, -0.1) is 24.0 Å². The Kier molecular flexibility index (Phi) is 12.2. The van der Waals surface area contributed by atoms with Gasteiger partial charge in [0.05, 0.1) is 26.0 Å². The average molecular weight is 491 g/mol. The predicted molar refractivity (Wildman–Crippen MR) is 113 cm³/mol. The summed E-state index contributed by atoms with van der Waals surface area (Å²) in [4.78, 5) is 7.08. The molecule has 0 aromatic rings. The Morgan fingerprint density at radius 3 is 2.40 bits per heavy atom. The molecule has 25 heavy (non-hydrogen) atoms. The first-order valence-electron chi connectivity index (χ1n) is 8.54. The van der Waals surface area contributed by atoms with E-state index in [1.807, 2.05) is 6.92 Å². The second kappa shape index (κ2) is 12.3. The Morgan fingerprint density at radius 2 is 1.84 bits per heavy atom. The number of hydrogen-bond donors (Lipinski definition) is 3. The van der Waals surface area contributed by atoms with E-state index in [1.165, 1.54) is 6.26 Å². The van der Waals surface area contributed by atoms with Gasteiger partial charge in [0.1, 0.15) is 0 Å². The third-order valence-corrected chi connectivity index (χ3v) is 4.57. The molecule has 0 aromatic carbocycles. The summed E-state index contributed by atoms with van der Waals surface area (Å²) < 4.78 is 29.9. The molecule has 3 N–H and O–H groups in total. The molecule has 0 aromatic heterocycles. The number of halogens is 1. The lowest BCUT2D eigenvalue weighted by molar-refractivity contribution is -0.00683. The maximum atomic E-state index is 11.0. The molecule has 0 aliphatic carbocycles. The molecule has 1 rings (SSSR count). The van der Waals surface area contributed by atoms with E-state index in [9.17, 15) is 8.42 Å². The van der Waals surface area contributed by atoms with Gasteiger partial charge in [-0.1, -0.05) is 0 Å². The topological polar surface area (TPSA) is 95.1 Å². The Balaban J connectivity index is 0.00000576. The Morgan fingerprint density at radius 1 is 1.20 bits per heavy atom. The summed E-state index contributed by atoms with van der Waals surface area (Å²) in [7, 11) is -3.12. The molecule has 0 bridgehead atoms. The Hall–Kier alpha value is -0.170. The smallest absolute Gasteiger partial charge is 0.208 e. The van der Waals surface area contributed by atoms with E-state index in [1.54, 1.807) is 0 Å². The van der Waals surface area contributed by atoms with Crippen LogP contribution in [-0.2, 0) is 14.8 Å². The molecule has 1 aliphatic heterocycles. The summed E-state index contributed by atoms with van der Waals surface area (Å²) in [6, 6.07) is 0. The van der Waals surface area contributed by atoms with Gasteiger partial charge in [-0.2, -0.15) is 0 Å². The van der Waals surface area contributed by atoms with Gasteiger partial charge < -0.3 is 15.4 Å². The van der Waals surface area contributed by atoms with Crippen LogP contribution in [0.25, 0.3) is 0 Å². The molecule has 1 heterocycles. The number of hydrogen-bond acceptors (Lipinski definition) is 5. The van der Waals surface area contributed by atoms with Crippen molar-refractivity contribution in [2.24, 2.45) is 4.99 Å². The quantitative estimate of drug-likeness (QED) is 0.185. The third kappa shape index (κ3) is 11.2. The average Bonchev–Trinajstić information content (AvgIpc) is 2.52. The molecule has 1 fully saturated rings. The third-order valence-electron chi connectivity index (χ3n) is 3.85. The molecule has 1 saturated heterocycles. The molecule has 0 unspecified atom stereocenters. The van der Waals surface area contributed by atoms with Crippen molar-refractivity contribution >= 4 is 40.0 Å². The number of ether oxygens (including phenoxy) is 1. The van der Waals surface area contributed by atoms with Crippen LogP contribution in [-0.4, -0.2) is 83.6 Å². The highest BCUT2D eigenvalue weighted by Crippen LogP contribution is 2.16. The van der Waals surface area contributed by atoms with Gasteiger partial charge in [-0.25, -0.2) is 13.1 Å². The monoisotopic (exact) mass is 491 g/mol. The number of guanidine groups is 1. The number of rotatable bonds is 9. The minimum atomic E-state index is -3.12. The predicted octanol–water partition coefficient (Wildman–Crippen LogP) is 0.210. The number of sulfonamides is 1. The van der Waals surface area contributed by atoms with Crippen LogP contribution in [0.5, 0.6) is 0 Å². The molecule has 0 atom stereocenters. The van der Waals surface area contributed by atoms with Crippen LogP contribution in [0, 0.1) is 0 Å². The zero-order chi connectivity index (χ0) is 18.1. The lowest BCUT2D eigenvalue weighted by Crippen LogP contribution is -2.52. The molecular formula is C15H34IN5O3S. The molecular weight excluding hydrogens is 457 g/mol. The maximum Gasteiger partial charge on any atom is 0.208 e. The fourth-order valence-electron chi connectivity index (χ4n) is 2.44. The number of nitrogens with zero attached hydrogens (tertiary/aromatic N) is 2. The zero-order valence-electron chi connectivity index (χ0n) is 15.8. The van der Waals surface area contributed by atoms with Crippen molar-refractivity contribution in [3.63, 3.8) is 0 Å². The Bertz CT molecular complexity index is 493. The zero-order valence-corrected chi connectivity index (χ0v) is 18.9. The van der Waals surface area contributed by atoms with E-state index in [2.05, 4.69) is 39.1 Å². The molecule has 0 amide bonds. The second-order valence-corrected chi connectivity index (χ2v) is 8.39. The van der Waals surface area contributed by atoms with Crippen molar-refractivity contribution in [3.8, 4) is 0 Å². The molecule has 10 heteroatoms. The minimum absolute atomic E-state index is 0. The van der Waals surface area contributed by atoms with Gasteiger partial charge in [-0.05, 0) is 27.2 Å². The molecule has 0 saturated carbocycles. The number of aliphatic imine (C=N–C) groups is 1. The van der Waals surface area contributed by atoms with Crippen LogP contribution in [0.15, 0.2) is 4.99 Å². The SMILES string of the molecule is CCNC(=NCC(C)(C)N1CCOCC1)NCCCNS(C)(=O)=O.I. The van der Waals surface area contributed by atoms with E-state index in [0.717, 1.165) is 38.8 Å². The van der Waals surface area contributed by atoms with Gasteiger partial charge in [-0.3, -0.25) is 9.89 Å². The first kappa shape index (κ1) is 24.8. The molecule has 0 spiro atoms. The summed E-state index contributed by atoms with van der Waals surface area (Å²) >= 11 is 0. The summed E-state index contributed by atoms with van der Waals surface area (Å²) in [6.45, 7) is 12.4. The van der Waals surface area contributed by atoms with Crippen LogP contribution in [0.2, 0.25) is 0 Å². The molecule has 8 nitrogen and oxygen atoms in total. The van der Waals surface area contributed by atoms with Crippen molar-refractivity contribution in [2.45, 2.75) is 32.7 Å². The van der Waals surface area contributed by atoms with Crippen LogP contribution in [0.3, 0.4) is 0 Å². The summed E-state index contributed by atoms with van der Waals surface area (Å²) in [5.74, 6) is 0.762. The van der Waals surface area contributed by atoms with Crippen LogP contribution < -0.4 is 15.4 Å². The summed E-state index contributed by atoms with van der Waals surface area (Å²) in [6.07, 6.45) is 1.87. The van der Waals surface area contributed by atoms with Crippen molar-refractivity contribution in [2.75, 3.05) is 58.7 Å². The molecule has 0 radical (unpaired) electrons. The standard InChI is InChI=1S/C15H33N5O3S.HI/c1-5-16-14(17-7-6-8-19-24(4,21)22)18-13-15(2,3)20-9-11-23-12-10-20;/h19H,5-13H2,1-4H3,(H2,16,17,18);1H. The van der Waals surface area contributed by atoms with Crippen molar-refractivity contribution in [3.05, 3.63) is 0 Å². The van der Waals surface area contributed by atoms with Crippen molar-refractivity contribution in [1.82, 2.24) is 20.3 Å². The first-order valence-corrected chi connectivity index (χ1v) is 10.4. The molecule has 150 valence electrons. The minimum Gasteiger partial charge on any atom is -0.379 e. The van der Waals surface area contributed by atoms with Gasteiger partial charge in [0.25, 0.3) is 0 Å². The van der Waals surface area contributed by atoms with Gasteiger partial charge in [0.15, 0.2) is 5.96 Å². The lowest BCUT2D eigenvalue weighted by Gasteiger charge is -2.39. The van der Waals surface area contributed by atoms with Crippen molar-refractivity contribution < 1.29 is 13.2 Å². The van der Waals surface area contributed by atoms with Crippen LogP contribution in [0.4, 0.5) is 0 Å².